The Morgan fingerprint density at radius 3 is 2.34 bits per heavy atom. The van der Waals surface area contributed by atoms with Gasteiger partial charge >= 0.3 is 0 Å². The molecule has 2 amide bonds. The van der Waals surface area contributed by atoms with Crippen molar-refractivity contribution >= 4 is 27.3 Å². The summed E-state index contributed by atoms with van der Waals surface area (Å²) < 4.78 is 29.2. The van der Waals surface area contributed by atoms with Gasteiger partial charge in [-0.3, -0.25) is 9.59 Å². The van der Waals surface area contributed by atoms with Crippen LogP contribution in [0, 0.1) is 0 Å². The largest absolute Gasteiger partial charge is 0.372 e. The molecule has 0 saturated carbocycles. The van der Waals surface area contributed by atoms with Crippen LogP contribution in [0.4, 0.5) is 5.69 Å². The maximum atomic E-state index is 13.1. The van der Waals surface area contributed by atoms with Crippen molar-refractivity contribution in [3.63, 3.8) is 0 Å². The van der Waals surface area contributed by atoms with Gasteiger partial charge in [0.25, 0.3) is 11.8 Å². The highest BCUT2D eigenvalue weighted by atomic mass is 32.2. The Morgan fingerprint density at radius 1 is 1.03 bits per heavy atom. The minimum atomic E-state index is -3.43. The lowest BCUT2D eigenvalue weighted by Gasteiger charge is -2.35. The third-order valence-electron chi connectivity index (χ3n) is 4.64. The predicted octanol–water partition coefficient (Wildman–Crippen LogP) is 2.59. The van der Waals surface area contributed by atoms with Gasteiger partial charge in [0.1, 0.15) is 0 Å². The average Bonchev–Trinajstić information content (AvgIpc) is 2.66. The smallest absolute Gasteiger partial charge is 0.256 e. The lowest BCUT2D eigenvalue weighted by atomic mass is 10.1. The molecule has 1 aliphatic heterocycles. The molecule has 0 spiro atoms. The van der Waals surface area contributed by atoms with Crippen molar-refractivity contribution in [2.24, 2.45) is 0 Å². The van der Waals surface area contributed by atoms with E-state index in [1.165, 1.54) is 24.3 Å². The second kappa shape index (κ2) is 8.34. The molecule has 154 valence electrons. The van der Waals surface area contributed by atoms with Gasteiger partial charge in [-0.15, -0.1) is 0 Å². The number of para-hydroxylation sites is 1. The molecule has 3 rings (SSSR count). The van der Waals surface area contributed by atoms with Gasteiger partial charge in [0.15, 0.2) is 9.84 Å². The maximum absolute atomic E-state index is 13.1. The number of anilines is 1. The third kappa shape index (κ3) is 5.02. The average molecular weight is 416 g/mol. The van der Waals surface area contributed by atoms with Gasteiger partial charge in [-0.1, -0.05) is 18.2 Å². The lowest BCUT2D eigenvalue weighted by molar-refractivity contribution is -0.0585. The normalized spacial score (nSPS) is 19.6. The first-order valence-corrected chi connectivity index (χ1v) is 11.2. The lowest BCUT2D eigenvalue weighted by Crippen LogP contribution is -2.48. The van der Waals surface area contributed by atoms with Crippen LogP contribution in [0.1, 0.15) is 34.6 Å². The van der Waals surface area contributed by atoms with Crippen molar-refractivity contribution < 1.29 is 22.7 Å². The first-order chi connectivity index (χ1) is 13.6. The standard InChI is InChI=1S/C21H24N2O5S/c1-14-12-23(13-15(2)28-14)21(25)18-9-4-5-10-19(18)22-20(24)16-7-6-8-17(11-16)29(3,26)27/h4-11,14-15H,12-13H2,1-3H3,(H,22,24)/t14-,15-/m1/s1. The summed E-state index contributed by atoms with van der Waals surface area (Å²) in [5.41, 5.74) is 0.948. The van der Waals surface area contributed by atoms with E-state index < -0.39 is 15.7 Å². The van der Waals surface area contributed by atoms with Crippen LogP contribution in [0.3, 0.4) is 0 Å². The Morgan fingerprint density at radius 2 is 1.69 bits per heavy atom. The Bertz CT molecular complexity index is 1020. The molecular weight excluding hydrogens is 392 g/mol. The van der Waals surface area contributed by atoms with Crippen LogP contribution in [-0.2, 0) is 14.6 Å². The molecule has 7 nitrogen and oxygen atoms in total. The number of carbonyl (C=O) groups excluding carboxylic acids is 2. The van der Waals surface area contributed by atoms with Gasteiger partial charge in [-0.05, 0) is 44.2 Å². The molecule has 2 aromatic rings. The number of rotatable bonds is 4. The van der Waals surface area contributed by atoms with Crippen molar-refractivity contribution in [1.29, 1.82) is 0 Å². The number of ether oxygens (including phenoxy) is 1. The van der Waals surface area contributed by atoms with Gasteiger partial charge in [-0.25, -0.2) is 8.42 Å². The quantitative estimate of drug-likeness (QED) is 0.827. The summed E-state index contributed by atoms with van der Waals surface area (Å²) in [5, 5.41) is 2.74. The van der Waals surface area contributed by atoms with Crippen LogP contribution in [0.2, 0.25) is 0 Å². The number of nitrogens with one attached hydrogen (secondary N) is 1. The number of nitrogens with zero attached hydrogens (tertiary/aromatic N) is 1. The summed E-state index contributed by atoms with van der Waals surface area (Å²) in [6, 6.07) is 12.6. The van der Waals surface area contributed by atoms with Crippen LogP contribution in [-0.4, -0.2) is 56.7 Å². The number of carbonyl (C=O) groups is 2. The van der Waals surface area contributed by atoms with E-state index in [4.69, 9.17) is 4.74 Å². The Kier molecular flexibility index (Phi) is 6.04. The highest BCUT2D eigenvalue weighted by Crippen LogP contribution is 2.21. The molecule has 1 fully saturated rings. The minimum Gasteiger partial charge on any atom is -0.372 e. The maximum Gasteiger partial charge on any atom is 0.256 e. The van der Waals surface area contributed by atoms with E-state index in [1.54, 1.807) is 29.2 Å². The number of hydrogen-bond donors (Lipinski definition) is 1. The highest BCUT2D eigenvalue weighted by Gasteiger charge is 2.28. The SMILES string of the molecule is C[C@@H]1CN(C(=O)c2ccccc2NC(=O)c2cccc(S(C)(=O)=O)c2)C[C@@H](C)O1. The number of morpholine rings is 1. The number of hydrogen-bond acceptors (Lipinski definition) is 5. The van der Waals surface area contributed by atoms with E-state index in [2.05, 4.69) is 5.32 Å². The van der Waals surface area contributed by atoms with Crippen LogP contribution in [0.15, 0.2) is 53.4 Å². The van der Waals surface area contributed by atoms with Crippen molar-refractivity contribution in [2.75, 3.05) is 24.7 Å². The molecule has 0 aromatic heterocycles. The van der Waals surface area contributed by atoms with Crippen molar-refractivity contribution in [1.82, 2.24) is 4.90 Å². The van der Waals surface area contributed by atoms with E-state index >= 15 is 0 Å². The summed E-state index contributed by atoms with van der Waals surface area (Å²) in [5.74, 6) is -0.674. The van der Waals surface area contributed by atoms with Crippen LogP contribution in [0.25, 0.3) is 0 Å². The summed E-state index contributed by atoms with van der Waals surface area (Å²) in [7, 11) is -3.43. The summed E-state index contributed by atoms with van der Waals surface area (Å²) >= 11 is 0. The molecule has 1 saturated heterocycles. The molecule has 0 aliphatic carbocycles. The van der Waals surface area contributed by atoms with Gasteiger partial charge in [0.05, 0.1) is 28.4 Å². The van der Waals surface area contributed by atoms with E-state index in [-0.39, 0.29) is 28.6 Å². The van der Waals surface area contributed by atoms with E-state index in [9.17, 15) is 18.0 Å². The van der Waals surface area contributed by atoms with Crippen LogP contribution >= 0.6 is 0 Å². The predicted molar refractivity (Wildman–Crippen MR) is 110 cm³/mol. The zero-order valence-electron chi connectivity index (χ0n) is 16.6. The van der Waals surface area contributed by atoms with E-state index in [0.29, 0.717) is 24.3 Å². The molecule has 29 heavy (non-hydrogen) atoms. The first kappa shape index (κ1) is 21.0. The van der Waals surface area contributed by atoms with Gasteiger partial charge < -0.3 is 15.0 Å². The second-order valence-corrected chi connectivity index (χ2v) is 9.28. The van der Waals surface area contributed by atoms with Gasteiger partial charge in [0.2, 0.25) is 0 Å². The van der Waals surface area contributed by atoms with E-state index in [1.807, 2.05) is 13.8 Å². The molecular formula is C21H24N2O5S. The van der Waals surface area contributed by atoms with Crippen molar-refractivity contribution in [3.05, 3.63) is 59.7 Å². The molecule has 0 bridgehead atoms. The van der Waals surface area contributed by atoms with Gasteiger partial charge in [-0.2, -0.15) is 0 Å². The first-order valence-electron chi connectivity index (χ1n) is 9.30. The molecule has 0 radical (unpaired) electrons. The Labute approximate surface area is 170 Å². The van der Waals surface area contributed by atoms with Crippen LogP contribution in [0.5, 0.6) is 0 Å². The Balaban J connectivity index is 1.84. The molecule has 2 aromatic carbocycles. The molecule has 1 aliphatic rings. The third-order valence-corrected chi connectivity index (χ3v) is 5.75. The molecule has 1 heterocycles. The van der Waals surface area contributed by atoms with E-state index in [0.717, 1.165) is 6.26 Å². The topological polar surface area (TPSA) is 92.8 Å². The zero-order valence-corrected chi connectivity index (χ0v) is 17.4. The fraction of sp³-hybridized carbons (Fsp3) is 0.333. The summed E-state index contributed by atoms with van der Waals surface area (Å²) in [4.78, 5) is 27.5. The number of sulfone groups is 1. The summed E-state index contributed by atoms with van der Waals surface area (Å²) in [6.45, 7) is 4.78. The number of amides is 2. The molecule has 0 unspecified atom stereocenters. The zero-order chi connectivity index (χ0) is 21.2. The molecule has 2 atom stereocenters. The molecule has 1 N–H and O–H groups in total. The number of benzene rings is 2. The van der Waals surface area contributed by atoms with Crippen molar-refractivity contribution in [3.8, 4) is 0 Å². The highest BCUT2D eigenvalue weighted by molar-refractivity contribution is 7.90. The van der Waals surface area contributed by atoms with Crippen LogP contribution < -0.4 is 5.32 Å². The minimum absolute atomic E-state index is 0.0609. The van der Waals surface area contributed by atoms with Crippen molar-refractivity contribution in [2.45, 2.75) is 31.0 Å². The molecule has 8 heteroatoms. The fourth-order valence-corrected chi connectivity index (χ4v) is 4.02. The monoisotopic (exact) mass is 416 g/mol. The van der Waals surface area contributed by atoms with Gasteiger partial charge in [0, 0.05) is 24.9 Å². The Hall–Kier alpha value is -2.71. The fourth-order valence-electron chi connectivity index (χ4n) is 3.36. The summed E-state index contributed by atoms with van der Waals surface area (Å²) in [6.07, 6.45) is 0.953. The second-order valence-electron chi connectivity index (χ2n) is 7.27.